The lowest BCUT2D eigenvalue weighted by molar-refractivity contribution is -0.127. The van der Waals surface area contributed by atoms with Gasteiger partial charge in [-0.1, -0.05) is 39.0 Å². The van der Waals surface area contributed by atoms with Gasteiger partial charge in [-0.2, -0.15) is 0 Å². The zero-order chi connectivity index (χ0) is 15.1. The Balaban J connectivity index is 1.89. The third-order valence-corrected chi connectivity index (χ3v) is 4.59. The second kappa shape index (κ2) is 8.23. The van der Waals surface area contributed by atoms with E-state index in [1.807, 2.05) is 0 Å². The van der Waals surface area contributed by atoms with E-state index in [0.717, 1.165) is 12.8 Å². The van der Waals surface area contributed by atoms with E-state index in [-0.39, 0.29) is 18.4 Å². The zero-order valence-corrected chi connectivity index (χ0v) is 12.9. The van der Waals surface area contributed by atoms with Crippen LogP contribution in [0.5, 0.6) is 0 Å². The molecule has 0 aromatic carbocycles. The highest BCUT2D eigenvalue weighted by atomic mass is 16.3. The first kappa shape index (κ1) is 16.1. The Hall–Kier alpha value is -1.29. The highest BCUT2D eigenvalue weighted by molar-refractivity contribution is 5.79. The summed E-state index contributed by atoms with van der Waals surface area (Å²) in [6.07, 6.45) is 9.82. The first-order valence-corrected chi connectivity index (χ1v) is 8.19. The maximum absolute atomic E-state index is 12.4. The van der Waals surface area contributed by atoms with Gasteiger partial charge < -0.3 is 14.8 Å². The van der Waals surface area contributed by atoms with E-state index in [9.17, 15) is 9.90 Å². The molecule has 0 spiro atoms. The van der Waals surface area contributed by atoms with Crippen molar-refractivity contribution in [2.24, 2.45) is 11.8 Å². The van der Waals surface area contributed by atoms with E-state index in [1.54, 1.807) is 18.4 Å². The Bertz CT molecular complexity index is 410. The number of carbonyl (C=O) groups is 1. The molecule has 1 heterocycles. The first-order valence-electron chi connectivity index (χ1n) is 8.19. The molecule has 0 radical (unpaired) electrons. The van der Waals surface area contributed by atoms with Crippen LogP contribution >= 0.6 is 0 Å². The van der Waals surface area contributed by atoms with Crippen molar-refractivity contribution < 1.29 is 14.3 Å². The van der Waals surface area contributed by atoms with Crippen molar-refractivity contribution >= 4 is 5.91 Å². The van der Waals surface area contributed by atoms with Crippen molar-refractivity contribution in [3.63, 3.8) is 0 Å². The van der Waals surface area contributed by atoms with Gasteiger partial charge >= 0.3 is 0 Å². The molecule has 0 bridgehead atoms. The van der Waals surface area contributed by atoms with Gasteiger partial charge in [-0.25, -0.2) is 0 Å². The van der Waals surface area contributed by atoms with Crippen LogP contribution in [0.25, 0.3) is 0 Å². The summed E-state index contributed by atoms with van der Waals surface area (Å²) >= 11 is 0. The van der Waals surface area contributed by atoms with Crippen LogP contribution in [0.3, 0.4) is 0 Å². The number of hydrogen-bond acceptors (Lipinski definition) is 3. The van der Waals surface area contributed by atoms with Crippen molar-refractivity contribution in [1.29, 1.82) is 0 Å². The predicted molar refractivity (Wildman–Crippen MR) is 81.7 cm³/mol. The molecule has 2 atom stereocenters. The summed E-state index contributed by atoms with van der Waals surface area (Å²) in [4.78, 5) is 12.4. The molecule has 118 valence electrons. The highest BCUT2D eigenvalue weighted by Crippen LogP contribution is 2.30. The van der Waals surface area contributed by atoms with Gasteiger partial charge in [0, 0.05) is 5.92 Å². The maximum Gasteiger partial charge on any atom is 0.223 e. The monoisotopic (exact) mass is 293 g/mol. The average Bonchev–Trinajstić information content (AvgIpc) is 3.05. The molecule has 2 unspecified atom stereocenters. The summed E-state index contributed by atoms with van der Waals surface area (Å²) in [5, 5.41) is 12.4. The molecule has 0 aliphatic heterocycles. The minimum Gasteiger partial charge on any atom is -0.467 e. The molecular formula is C17H27NO3. The van der Waals surface area contributed by atoms with E-state index < -0.39 is 6.04 Å². The summed E-state index contributed by atoms with van der Waals surface area (Å²) in [6, 6.07) is 3.11. The summed E-state index contributed by atoms with van der Waals surface area (Å²) in [5.41, 5.74) is 0. The van der Waals surface area contributed by atoms with Crippen LogP contribution < -0.4 is 5.32 Å². The van der Waals surface area contributed by atoms with Gasteiger partial charge in [-0.05, 0) is 30.9 Å². The Labute approximate surface area is 126 Å². The number of nitrogens with one attached hydrogen (secondary N) is 1. The van der Waals surface area contributed by atoms with Crippen LogP contribution in [0, 0.1) is 11.8 Å². The van der Waals surface area contributed by atoms with Crippen molar-refractivity contribution in [2.45, 2.75) is 57.9 Å². The lowest BCUT2D eigenvalue weighted by atomic mass is 9.81. The molecule has 1 aromatic heterocycles. The minimum absolute atomic E-state index is 0.0390. The predicted octanol–water partition coefficient (Wildman–Crippen LogP) is 3.43. The summed E-state index contributed by atoms with van der Waals surface area (Å²) in [7, 11) is 0. The van der Waals surface area contributed by atoms with E-state index in [1.165, 1.54) is 32.1 Å². The fourth-order valence-corrected chi connectivity index (χ4v) is 3.27. The molecule has 2 N–H and O–H groups in total. The Morgan fingerprint density at radius 2 is 2.19 bits per heavy atom. The smallest absolute Gasteiger partial charge is 0.223 e. The molecular weight excluding hydrogens is 266 g/mol. The SMILES string of the molecule is CCC(CC1CCCCC1)C(=O)NC(CO)c1ccco1. The van der Waals surface area contributed by atoms with Crippen molar-refractivity contribution in [3.8, 4) is 0 Å². The molecule has 21 heavy (non-hydrogen) atoms. The van der Waals surface area contributed by atoms with Gasteiger partial charge in [0.2, 0.25) is 5.91 Å². The van der Waals surface area contributed by atoms with Gasteiger partial charge in [0.1, 0.15) is 11.8 Å². The molecule has 1 amide bonds. The van der Waals surface area contributed by atoms with Crippen LogP contribution in [-0.2, 0) is 4.79 Å². The molecule has 0 saturated heterocycles. The maximum atomic E-state index is 12.4. The molecule has 1 fully saturated rings. The number of aliphatic hydroxyl groups is 1. The second-order valence-electron chi connectivity index (χ2n) is 6.10. The molecule has 1 aromatic rings. The largest absolute Gasteiger partial charge is 0.467 e. The van der Waals surface area contributed by atoms with Crippen molar-refractivity contribution in [2.75, 3.05) is 6.61 Å². The fraction of sp³-hybridized carbons (Fsp3) is 0.706. The normalized spacial score (nSPS) is 19.1. The van der Waals surface area contributed by atoms with Gasteiger partial charge in [0.15, 0.2) is 0 Å². The minimum atomic E-state index is -0.437. The lowest BCUT2D eigenvalue weighted by Crippen LogP contribution is -2.36. The summed E-state index contributed by atoms with van der Waals surface area (Å²) in [5.74, 6) is 1.37. The molecule has 2 rings (SSSR count). The number of hydrogen-bond donors (Lipinski definition) is 2. The fourth-order valence-electron chi connectivity index (χ4n) is 3.27. The molecule has 4 heteroatoms. The van der Waals surface area contributed by atoms with Gasteiger partial charge in [-0.15, -0.1) is 0 Å². The topological polar surface area (TPSA) is 62.5 Å². The number of amides is 1. The number of aliphatic hydroxyl groups excluding tert-OH is 1. The van der Waals surface area contributed by atoms with Crippen LogP contribution in [0.2, 0.25) is 0 Å². The molecule has 1 aliphatic rings. The number of furan rings is 1. The van der Waals surface area contributed by atoms with Gasteiger partial charge in [-0.3, -0.25) is 4.79 Å². The van der Waals surface area contributed by atoms with Gasteiger partial charge in [0.05, 0.1) is 12.9 Å². The van der Waals surface area contributed by atoms with Crippen LogP contribution in [0.1, 0.15) is 63.7 Å². The van der Waals surface area contributed by atoms with Crippen LogP contribution in [-0.4, -0.2) is 17.6 Å². The third-order valence-electron chi connectivity index (χ3n) is 4.59. The Morgan fingerprint density at radius 1 is 1.43 bits per heavy atom. The van der Waals surface area contributed by atoms with E-state index in [0.29, 0.717) is 11.7 Å². The summed E-state index contributed by atoms with van der Waals surface area (Å²) < 4.78 is 5.28. The van der Waals surface area contributed by atoms with E-state index in [4.69, 9.17) is 4.42 Å². The number of carbonyl (C=O) groups excluding carboxylic acids is 1. The van der Waals surface area contributed by atoms with E-state index >= 15 is 0 Å². The third kappa shape index (κ3) is 4.60. The standard InChI is InChI=1S/C17H27NO3/c1-2-14(11-13-7-4-3-5-8-13)17(20)18-15(12-19)16-9-6-10-21-16/h6,9-10,13-15,19H,2-5,7-8,11-12H2,1H3,(H,18,20). The second-order valence-corrected chi connectivity index (χ2v) is 6.10. The Kier molecular flexibility index (Phi) is 6.30. The van der Waals surface area contributed by atoms with Crippen LogP contribution in [0.15, 0.2) is 22.8 Å². The average molecular weight is 293 g/mol. The van der Waals surface area contributed by atoms with Gasteiger partial charge in [0.25, 0.3) is 0 Å². The molecule has 1 aliphatic carbocycles. The summed E-state index contributed by atoms with van der Waals surface area (Å²) in [6.45, 7) is 1.92. The first-order chi connectivity index (χ1) is 10.2. The Morgan fingerprint density at radius 3 is 2.76 bits per heavy atom. The molecule has 1 saturated carbocycles. The van der Waals surface area contributed by atoms with Crippen molar-refractivity contribution in [1.82, 2.24) is 5.32 Å². The van der Waals surface area contributed by atoms with Crippen molar-refractivity contribution in [3.05, 3.63) is 24.2 Å². The molecule has 4 nitrogen and oxygen atoms in total. The lowest BCUT2D eigenvalue weighted by Gasteiger charge is -2.26. The van der Waals surface area contributed by atoms with Crippen LogP contribution in [0.4, 0.5) is 0 Å². The number of rotatable bonds is 7. The van der Waals surface area contributed by atoms with E-state index in [2.05, 4.69) is 12.2 Å². The zero-order valence-electron chi connectivity index (χ0n) is 12.9. The highest BCUT2D eigenvalue weighted by Gasteiger charge is 2.25. The quantitative estimate of drug-likeness (QED) is 0.809.